The van der Waals surface area contributed by atoms with Gasteiger partial charge in [-0.05, 0) is 40.1 Å². The van der Waals surface area contributed by atoms with Crippen molar-refractivity contribution in [2.24, 2.45) is 0 Å². The number of rotatable bonds is 7. The highest BCUT2D eigenvalue weighted by atomic mass is 32.2. The van der Waals surface area contributed by atoms with Crippen LogP contribution in [-0.2, 0) is 4.79 Å². The van der Waals surface area contributed by atoms with Crippen molar-refractivity contribution in [2.75, 3.05) is 19.8 Å². The third-order valence-corrected chi connectivity index (χ3v) is 4.39. The summed E-state index contributed by atoms with van der Waals surface area (Å²) >= 11 is 1.48. The molecular weight excluding hydrogens is 274 g/mol. The molecule has 0 atom stereocenters. The lowest BCUT2D eigenvalue weighted by atomic mass is 9.92. The van der Waals surface area contributed by atoms with Crippen molar-refractivity contribution in [3.05, 3.63) is 29.8 Å². The molecule has 1 rings (SSSR count). The van der Waals surface area contributed by atoms with Crippen LogP contribution in [0.15, 0.2) is 29.2 Å². The molecule has 110 valence electrons. The van der Waals surface area contributed by atoms with E-state index in [-0.39, 0.29) is 12.2 Å². The zero-order valence-electron chi connectivity index (χ0n) is 12.3. The molecule has 0 aliphatic heterocycles. The third-order valence-electron chi connectivity index (χ3n) is 3.37. The van der Waals surface area contributed by atoms with E-state index in [4.69, 9.17) is 5.11 Å². The number of carbonyl (C=O) groups excluding carboxylic acids is 1. The van der Waals surface area contributed by atoms with Crippen molar-refractivity contribution < 1.29 is 14.7 Å². The fourth-order valence-corrected chi connectivity index (χ4v) is 2.36. The Balaban J connectivity index is 2.71. The summed E-state index contributed by atoms with van der Waals surface area (Å²) in [5.41, 5.74) is 0.129. The van der Waals surface area contributed by atoms with Crippen LogP contribution in [0.25, 0.3) is 0 Å². The molecule has 20 heavy (non-hydrogen) atoms. The number of carboxylic acids is 1. The molecule has 0 unspecified atom stereocenters. The van der Waals surface area contributed by atoms with Gasteiger partial charge in [0.1, 0.15) is 0 Å². The number of hydrogen-bond acceptors (Lipinski definition) is 4. The molecule has 0 heterocycles. The van der Waals surface area contributed by atoms with Gasteiger partial charge in [-0.25, -0.2) is 0 Å². The summed E-state index contributed by atoms with van der Waals surface area (Å²) < 4.78 is 0. The van der Waals surface area contributed by atoms with E-state index >= 15 is 0 Å². The maximum absolute atomic E-state index is 12.4. The number of likely N-dealkylation sites (N-methyl/N-ethyl adjacent to an activating group) is 1. The average molecular weight is 295 g/mol. The van der Waals surface area contributed by atoms with E-state index in [0.29, 0.717) is 11.3 Å². The lowest BCUT2D eigenvalue weighted by Gasteiger charge is -2.30. The van der Waals surface area contributed by atoms with Crippen LogP contribution in [0.3, 0.4) is 0 Å². The first-order valence-electron chi connectivity index (χ1n) is 6.42. The lowest BCUT2D eigenvalue weighted by Crippen LogP contribution is -2.45. The van der Waals surface area contributed by atoms with Gasteiger partial charge in [-0.15, -0.1) is 11.8 Å². The Morgan fingerprint density at radius 2 is 1.75 bits per heavy atom. The molecule has 0 aliphatic rings. The van der Waals surface area contributed by atoms with E-state index in [1.807, 2.05) is 45.0 Å². The van der Waals surface area contributed by atoms with Crippen LogP contribution < -0.4 is 0 Å². The first-order valence-corrected chi connectivity index (χ1v) is 7.40. The second-order valence-electron chi connectivity index (χ2n) is 5.30. The maximum atomic E-state index is 12.4. The number of carbonyl (C=O) groups is 2. The molecule has 1 N–H and O–H groups in total. The summed E-state index contributed by atoms with van der Waals surface area (Å²) in [5, 5.41) is 8.59. The number of hydrogen-bond donors (Lipinski definition) is 1. The average Bonchev–Trinajstić information content (AvgIpc) is 2.38. The van der Waals surface area contributed by atoms with E-state index in [1.165, 1.54) is 11.8 Å². The first-order chi connectivity index (χ1) is 9.25. The van der Waals surface area contributed by atoms with Crippen LogP contribution in [0.2, 0.25) is 0 Å². The normalized spacial score (nSPS) is 11.7. The zero-order valence-corrected chi connectivity index (χ0v) is 13.2. The van der Waals surface area contributed by atoms with Gasteiger partial charge in [0.15, 0.2) is 5.78 Å². The molecule has 0 radical (unpaired) electrons. The highest BCUT2D eigenvalue weighted by Crippen LogP contribution is 2.22. The summed E-state index contributed by atoms with van der Waals surface area (Å²) in [6, 6.07) is 7.34. The summed E-state index contributed by atoms with van der Waals surface area (Å²) in [7, 11) is 3.77. The van der Waals surface area contributed by atoms with Crippen LogP contribution in [0.1, 0.15) is 30.6 Å². The topological polar surface area (TPSA) is 57.6 Å². The Labute approximate surface area is 124 Å². The number of ketones is 1. The summed E-state index contributed by atoms with van der Waals surface area (Å²) in [6.07, 6.45) is 0.138. The summed E-state index contributed by atoms with van der Waals surface area (Å²) in [5.74, 6) is -0.187. The maximum Gasteiger partial charge on any atom is 0.304 e. The number of nitrogens with zero attached hydrogens (tertiary/aromatic N) is 1. The van der Waals surface area contributed by atoms with Crippen LogP contribution in [-0.4, -0.2) is 47.1 Å². The zero-order chi connectivity index (χ0) is 15.3. The number of benzene rings is 1. The quantitative estimate of drug-likeness (QED) is 0.619. The highest BCUT2D eigenvalue weighted by molar-refractivity contribution is 7.99. The fraction of sp³-hybridized carbons (Fsp3) is 0.467. The number of thioether (sulfide) groups is 1. The van der Waals surface area contributed by atoms with Gasteiger partial charge in [0.25, 0.3) is 0 Å². The van der Waals surface area contributed by atoms with Crippen LogP contribution in [0.5, 0.6) is 0 Å². The van der Waals surface area contributed by atoms with E-state index in [1.54, 1.807) is 12.1 Å². The van der Waals surface area contributed by atoms with Gasteiger partial charge in [0.2, 0.25) is 0 Å². The lowest BCUT2D eigenvalue weighted by molar-refractivity contribution is -0.136. The molecule has 5 heteroatoms. The molecular formula is C15H21NO3S. The smallest absolute Gasteiger partial charge is 0.304 e. The van der Waals surface area contributed by atoms with Gasteiger partial charge in [-0.3, -0.25) is 14.5 Å². The molecule has 0 saturated heterocycles. The summed E-state index contributed by atoms with van der Waals surface area (Å²) in [6.45, 7) is 3.79. The Morgan fingerprint density at radius 1 is 1.20 bits per heavy atom. The van der Waals surface area contributed by atoms with Gasteiger partial charge in [-0.2, -0.15) is 0 Å². The van der Waals surface area contributed by atoms with Crippen LogP contribution in [0, 0.1) is 0 Å². The fourth-order valence-electron chi connectivity index (χ4n) is 1.52. The SMILES string of the molecule is CN(C)C(C)(C)C(=O)c1ccc(SCCC(=O)O)cc1. The molecule has 0 amide bonds. The predicted molar refractivity (Wildman–Crippen MR) is 81.5 cm³/mol. The Kier molecular flexibility index (Phi) is 5.77. The minimum Gasteiger partial charge on any atom is -0.481 e. The first kappa shape index (κ1) is 16.7. The van der Waals surface area contributed by atoms with E-state index in [2.05, 4.69) is 0 Å². The molecule has 4 nitrogen and oxygen atoms in total. The molecule has 0 aliphatic carbocycles. The van der Waals surface area contributed by atoms with Gasteiger partial charge >= 0.3 is 5.97 Å². The van der Waals surface area contributed by atoms with Crippen molar-refractivity contribution >= 4 is 23.5 Å². The Bertz CT molecular complexity index is 480. The molecule has 0 fully saturated rings. The molecule has 0 aromatic heterocycles. The molecule has 0 spiro atoms. The third kappa shape index (κ3) is 4.35. The summed E-state index contributed by atoms with van der Waals surface area (Å²) in [4.78, 5) is 25.7. The minimum absolute atomic E-state index is 0.0737. The molecule has 1 aromatic rings. The van der Waals surface area contributed by atoms with Gasteiger partial charge in [0, 0.05) is 16.2 Å². The second kappa shape index (κ2) is 6.90. The minimum atomic E-state index is -0.794. The van der Waals surface area contributed by atoms with Gasteiger partial charge in [0.05, 0.1) is 12.0 Å². The number of Topliss-reactive ketones (excluding diaryl/α,β-unsaturated/α-hetero) is 1. The number of carboxylic acid groups (broad SMARTS) is 1. The van der Waals surface area contributed by atoms with Crippen LogP contribution in [0.4, 0.5) is 0 Å². The largest absolute Gasteiger partial charge is 0.481 e. The van der Waals surface area contributed by atoms with E-state index in [0.717, 1.165) is 4.90 Å². The van der Waals surface area contributed by atoms with Crippen molar-refractivity contribution in [1.82, 2.24) is 4.90 Å². The van der Waals surface area contributed by atoms with Crippen molar-refractivity contribution in [2.45, 2.75) is 30.7 Å². The molecule has 0 bridgehead atoms. The standard InChI is InChI=1S/C15H21NO3S/c1-15(2,16(3)4)14(19)11-5-7-12(8-6-11)20-10-9-13(17)18/h5-8H,9-10H2,1-4H3,(H,17,18). The van der Waals surface area contributed by atoms with Crippen molar-refractivity contribution in [3.63, 3.8) is 0 Å². The highest BCUT2D eigenvalue weighted by Gasteiger charge is 2.30. The van der Waals surface area contributed by atoms with Crippen molar-refractivity contribution in [1.29, 1.82) is 0 Å². The number of aliphatic carboxylic acids is 1. The predicted octanol–water partition coefficient (Wildman–Crippen LogP) is 2.78. The van der Waals surface area contributed by atoms with E-state index < -0.39 is 11.5 Å². The monoisotopic (exact) mass is 295 g/mol. The molecule has 0 saturated carbocycles. The van der Waals surface area contributed by atoms with Crippen molar-refractivity contribution in [3.8, 4) is 0 Å². The van der Waals surface area contributed by atoms with Gasteiger partial charge in [-0.1, -0.05) is 12.1 Å². The molecule has 1 aromatic carbocycles. The Hall–Kier alpha value is -1.33. The van der Waals surface area contributed by atoms with Gasteiger partial charge < -0.3 is 5.11 Å². The van der Waals surface area contributed by atoms with Crippen LogP contribution >= 0.6 is 11.8 Å². The second-order valence-corrected chi connectivity index (χ2v) is 6.47. The Morgan fingerprint density at radius 3 is 2.20 bits per heavy atom. The van der Waals surface area contributed by atoms with E-state index in [9.17, 15) is 9.59 Å².